The van der Waals surface area contributed by atoms with Crippen LogP contribution in [-0.4, -0.2) is 57.3 Å². The smallest absolute Gasteiger partial charge is 0.249 e. The van der Waals surface area contributed by atoms with Crippen LogP contribution in [0.3, 0.4) is 0 Å². The lowest BCUT2D eigenvalue weighted by molar-refractivity contribution is -0.132. The summed E-state index contributed by atoms with van der Waals surface area (Å²) in [6.07, 6.45) is 53.7. The van der Waals surface area contributed by atoms with Gasteiger partial charge in [0.05, 0.1) is 18.8 Å². The highest BCUT2D eigenvalue weighted by atomic mass is 16.3. The zero-order valence-corrected chi connectivity index (χ0v) is 38.1. The van der Waals surface area contributed by atoms with Crippen LogP contribution in [0, 0.1) is 0 Å². The van der Waals surface area contributed by atoms with E-state index in [0.717, 1.165) is 38.5 Å². The fraction of sp³-hybridized carbons (Fsp3) is 0.902. The first kappa shape index (κ1) is 55.8. The summed E-state index contributed by atoms with van der Waals surface area (Å²) in [6.45, 7) is 4.06. The Morgan fingerprint density at radius 2 is 0.737 bits per heavy atom. The van der Waals surface area contributed by atoms with Crippen molar-refractivity contribution in [2.45, 2.75) is 289 Å². The molecule has 0 bridgehead atoms. The van der Waals surface area contributed by atoms with Gasteiger partial charge in [-0.2, -0.15) is 0 Å². The van der Waals surface area contributed by atoms with E-state index in [0.29, 0.717) is 19.3 Å². The quantitative estimate of drug-likeness (QED) is 0.0311. The second-order valence-electron chi connectivity index (χ2n) is 17.5. The number of aliphatic hydroxyl groups excluding tert-OH is 4. The van der Waals surface area contributed by atoms with Crippen molar-refractivity contribution in [3.05, 3.63) is 24.3 Å². The average molecular weight is 806 g/mol. The number of hydrogen-bond donors (Lipinski definition) is 5. The van der Waals surface area contributed by atoms with Gasteiger partial charge in [0.1, 0.15) is 12.2 Å². The molecule has 0 radical (unpaired) electrons. The molecule has 6 heteroatoms. The maximum atomic E-state index is 12.5. The van der Waals surface area contributed by atoms with Gasteiger partial charge in [-0.3, -0.25) is 4.79 Å². The van der Waals surface area contributed by atoms with E-state index < -0.39 is 36.9 Å². The molecule has 0 aliphatic carbocycles. The highest BCUT2D eigenvalue weighted by Gasteiger charge is 2.28. The first-order chi connectivity index (χ1) is 28.0. The summed E-state index contributed by atoms with van der Waals surface area (Å²) in [5.74, 6) is -0.593. The third kappa shape index (κ3) is 40.0. The highest BCUT2D eigenvalue weighted by Crippen LogP contribution is 2.17. The Labute approximate surface area is 354 Å². The first-order valence-electron chi connectivity index (χ1n) is 25.2. The number of aliphatic hydroxyl groups is 4. The number of allylic oxidation sites excluding steroid dienone is 4. The molecule has 4 unspecified atom stereocenters. The fourth-order valence-electron chi connectivity index (χ4n) is 7.89. The van der Waals surface area contributed by atoms with Crippen molar-refractivity contribution < 1.29 is 25.2 Å². The topological polar surface area (TPSA) is 110 Å². The van der Waals surface area contributed by atoms with Crippen molar-refractivity contribution in [2.24, 2.45) is 0 Å². The molecule has 1 amide bonds. The van der Waals surface area contributed by atoms with Crippen LogP contribution < -0.4 is 5.32 Å². The molecular weight excluding hydrogens is 707 g/mol. The van der Waals surface area contributed by atoms with E-state index in [2.05, 4.69) is 43.5 Å². The van der Waals surface area contributed by atoms with E-state index in [1.54, 1.807) is 0 Å². The highest BCUT2D eigenvalue weighted by molar-refractivity contribution is 5.80. The largest absolute Gasteiger partial charge is 0.394 e. The van der Waals surface area contributed by atoms with Crippen LogP contribution in [0.5, 0.6) is 0 Å². The predicted molar refractivity (Wildman–Crippen MR) is 247 cm³/mol. The van der Waals surface area contributed by atoms with Gasteiger partial charge >= 0.3 is 0 Å². The van der Waals surface area contributed by atoms with Gasteiger partial charge in [-0.05, 0) is 51.4 Å². The summed E-state index contributed by atoms with van der Waals surface area (Å²) in [7, 11) is 0. The van der Waals surface area contributed by atoms with E-state index in [1.807, 2.05) is 0 Å². The molecule has 0 rings (SSSR count). The minimum Gasteiger partial charge on any atom is -0.394 e. The molecule has 0 heterocycles. The molecule has 0 aliphatic rings. The molecule has 0 aromatic rings. The van der Waals surface area contributed by atoms with Crippen molar-refractivity contribution in [1.29, 1.82) is 0 Å². The third-order valence-electron chi connectivity index (χ3n) is 11.9. The van der Waals surface area contributed by atoms with Gasteiger partial charge < -0.3 is 25.7 Å². The van der Waals surface area contributed by atoms with Crippen LogP contribution in [0.25, 0.3) is 0 Å². The molecule has 0 aromatic carbocycles. The zero-order chi connectivity index (χ0) is 41.7. The second kappa shape index (κ2) is 45.9. The van der Waals surface area contributed by atoms with Crippen molar-refractivity contribution in [3.63, 3.8) is 0 Å². The lowest BCUT2D eigenvalue weighted by Crippen LogP contribution is -2.53. The Morgan fingerprint density at radius 1 is 0.421 bits per heavy atom. The molecule has 6 nitrogen and oxygen atoms in total. The lowest BCUT2D eigenvalue weighted by atomic mass is 10.00. The van der Waals surface area contributed by atoms with Crippen molar-refractivity contribution in [3.8, 4) is 0 Å². The van der Waals surface area contributed by atoms with Gasteiger partial charge in [-0.15, -0.1) is 0 Å². The maximum absolute atomic E-state index is 12.5. The molecule has 57 heavy (non-hydrogen) atoms. The fourth-order valence-corrected chi connectivity index (χ4v) is 7.89. The number of carbonyl (C=O) groups is 1. The van der Waals surface area contributed by atoms with Gasteiger partial charge in [-0.25, -0.2) is 0 Å². The van der Waals surface area contributed by atoms with Crippen LogP contribution in [-0.2, 0) is 4.79 Å². The monoisotopic (exact) mass is 806 g/mol. The van der Waals surface area contributed by atoms with E-state index in [1.165, 1.54) is 193 Å². The summed E-state index contributed by atoms with van der Waals surface area (Å²) in [5, 5.41) is 43.8. The number of amides is 1. The molecule has 0 spiro atoms. The van der Waals surface area contributed by atoms with Crippen LogP contribution in [0.2, 0.25) is 0 Å². The van der Waals surface area contributed by atoms with Gasteiger partial charge in [0.2, 0.25) is 5.91 Å². The number of carbonyl (C=O) groups excluding carboxylic acids is 1. The summed E-state index contributed by atoms with van der Waals surface area (Å²) >= 11 is 0. The maximum Gasteiger partial charge on any atom is 0.249 e. The van der Waals surface area contributed by atoms with Gasteiger partial charge in [-0.1, -0.05) is 237 Å². The van der Waals surface area contributed by atoms with Crippen molar-refractivity contribution in [2.75, 3.05) is 6.61 Å². The van der Waals surface area contributed by atoms with E-state index in [9.17, 15) is 25.2 Å². The van der Waals surface area contributed by atoms with Crippen LogP contribution >= 0.6 is 0 Å². The van der Waals surface area contributed by atoms with E-state index in [4.69, 9.17) is 0 Å². The zero-order valence-electron chi connectivity index (χ0n) is 38.1. The van der Waals surface area contributed by atoms with Gasteiger partial charge in [0.25, 0.3) is 0 Å². The number of hydrogen-bond acceptors (Lipinski definition) is 5. The first-order valence-corrected chi connectivity index (χ1v) is 25.2. The van der Waals surface area contributed by atoms with Crippen LogP contribution in [0.15, 0.2) is 24.3 Å². The van der Waals surface area contributed by atoms with E-state index in [-0.39, 0.29) is 0 Å². The minimum absolute atomic E-state index is 0.364. The Hall–Kier alpha value is -1.21. The number of rotatable bonds is 46. The van der Waals surface area contributed by atoms with E-state index >= 15 is 0 Å². The summed E-state index contributed by atoms with van der Waals surface area (Å²) < 4.78 is 0. The summed E-state index contributed by atoms with van der Waals surface area (Å²) in [4.78, 5) is 12.5. The number of unbranched alkanes of at least 4 members (excludes halogenated alkanes) is 33. The molecule has 0 saturated heterocycles. The Bertz CT molecular complexity index is 863. The Morgan fingerprint density at radius 3 is 1.11 bits per heavy atom. The molecule has 0 aromatic heterocycles. The average Bonchev–Trinajstić information content (AvgIpc) is 3.22. The molecule has 4 atom stereocenters. The van der Waals surface area contributed by atoms with Crippen LogP contribution in [0.4, 0.5) is 0 Å². The molecular formula is C51H99NO5. The van der Waals surface area contributed by atoms with Gasteiger partial charge in [0, 0.05) is 0 Å². The minimum atomic E-state index is -1.29. The molecule has 5 N–H and O–H groups in total. The van der Waals surface area contributed by atoms with Crippen molar-refractivity contribution in [1.82, 2.24) is 5.32 Å². The molecule has 0 saturated carbocycles. The number of nitrogens with one attached hydrogen (secondary N) is 1. The molecule has 0 fully saturated rings. The molecule has 338 valence electrons. The lowest BCUT2D eigenvalue weighted by Gasteiger charge is -2.27. The Balaban J connectivity index is 3.71. The molecule has 0 aliphatic heterocycles. The second-order valence-corrected chi connectivity index (χ2v) is 17.5. The standard InChI is InChI=1S/C51H99NO5/c1-3-5-7-9-11-13-15-17-19-21-23-24-25-27-29-31-33-35-37-39-41-43-45-49(55)51(57)52-47(46-53)50(56)48(54)44-42-40-38-36-34-32-30-28-26-22-20-18-16-14-12-10-8-6-4-2/h28,30,36,38,47-50,53-56H,3-27,29,31-35,37,39-46H2,1-2H3,(H,52,57)/b30-28+,38-36+. The normalized spacial score (nSPS) is 14.1. The Kier molecular flexibility index (Phi) is 44.9. The van der Waals surface area contributed by atoms with Crippen molar-refractivity contribution >= 4 is 5.91 Å². The summed E-state index contributed by atoms with van der Waals surface area (Å²) in [6, 6.07) is -1.01. The summed E-state index contributed by atoms with van der Waals surface area (Å²) in [5.41, 5.74) is 0. The predicted octanol–water partition coefficient (Wildman–Crippen LogP) is 13.9. The van der Waals surface area contributed by atoms with Gasteiger partial charge in [0.15, 0.2) is 0 Å². The SMILES string of the molecule is CCCCCCCCCCCC/C=C/CC/C=C/CCCC(O)C(O)C(CO)NC(=O)C(O)CCCCCCCCCCCCCCCCCCCCCCCC. The third-order valence-corrected chi connectivity index (χ3v) is 11.9. The van der Waals surface area contributed by atoms with Crippen LogP contribution in [0.1, 0.15) is 264 Å².